The fourth-order valence-corrected chi connectivity index (χ4v) is 1.80. The zero-order chi connectivity index (χ0) is 11.1. The Morgan fingerprint density at radius 3 is 2.67 bits per heavy atom. The summed E-state index contributed by atoms with van der Waals surface area (Å²) >= 11 is 0. The number of primary sulfonamides is 1. The topological polar surface area (TPSA) is 108 Å². The molecule has 0 aliphatic heterocycles. The summed E-state index contributed by atoms with van der Waals surface area (Å²) in [6.45, 7) is 0. The SMILES string of the molecule is Nc1nccc(S(N)(=O)=O)c1OC1CC1. The number of hydrogen-bond donors (Lipinski definition) is 2. The Labute approximate surface area is 87.3 Å². The highest BCUT2D eigenvalue weighted by Crippen LogP contribution is 2.33. The van der Waals surface area contributed by atoms with Crippen molar-refractivity contribution in [1.82, 2.24) is 4.98 Å². The van der Waals surface area contributed by atoms with Crippen LogP contribution in [0, 0.1) is 0 Å². The third kappa shape index (κ3) is 2.18. The molecule has 0 radical (unpaired) electrons. The Kier molecular flexibility index (Phi) is 2.28. The van der Waals surface area contributed by atoms with Gasteiger partial charge in [0.15, 0.2) is 11.6 Å². The van der Waals surface area contributed by atoms with E-state index in [4.69, 9.17) is 15.6 Å². The number of nitrogens with zero attached hydrogens (tertiary/aromatic N) is 1. The molecule has 2 rings (SSSR count). The number of hydrogen-bond acceptors (Lipinski definition) is 5. The highest BCUT2D eigenvalue weighted by Gasteiger charge is 2.28. The molecule has 0 aromatic carbocycles. The van der Waals surface area contributed by atoms with Gasteiger partial charge in [-0.2, -0.15) is 0 Å². The van der Waals surface area contributed by atoms with Crippen molar-refractivity contribution >= 4 is 15.8 Å². The van der Waals surface area contributed by atoms with Crippen LogP contribution in [0.3, 0.4) is 0 Å². The van der Waals surface area contributed by atoms with Gasteiger partial charge in [0.05, 0.1) is 6.10 Å². The van der Waals surface area contributed by atoms with Crippen molar-refractivity contribution in [2.24, 2.45) is 5.14 Å². The maximum absolute atomic E-state index is 11.2. The molecule has 0 bridgehead atoms. The molecule has 1 fully saturated rings. The lowest BCUT2D eigenvalue weighted by Crippen LogP contribution is -2.15. The second kappa shape index (κ2) is 3.35. The number of pyridine rings is 1. The predicted octanol–water partition coefficient (Wildman–Crippen LogP) is -0.148. The van der Waals surface area contributed by atoms with Crippen molar-refractivity contribution in [2.75, 3.05) is 5.73 Å². The van der Waals surface area contributed by atoms with Crippen LogP contribution in [0.5, 0.6) is 5.75 Å². The summed E-state index contributed by atoms with van der Waals surface area (Å²) in [6, 6.07) is 1.28. The van der Waals surface area contributed by atoms with Gasteiger partial charge in [-0.25, -0.2) is 18.5 Å². The highest BCUT2D eigenvalue weighted by molar-refractivity contribution is 7.89. The van der Waals surface area contributed by atoms with Gasteiger partial charge in [-0.05, 0) is 18.9 Å². The minimum Gasteiger partial charge on any atom is -0.485 e. The van der Waals surface area contributed by atoms with Crippen LogP contribution in [0.1, 0.15) is 12.8 Å². The van der Waals surface area contributed by atoms with Gasteiger partial charge in [0, 0.05) is 6.20 Å². The molecular formula is C8H11N3O3S. The molecule has 1 saturated carbocycles. The monoisotopic (exact) mass is 229 g/mol. The Morgan fingerprint density at radius 1 is 1.47 bits per heavy atom. The molecule has 7 heteroatoms. The normalized spacial score (nSPS) is 16.3. The standard InChI is InChI=1S/C8H11N3O3S/c9-8-7(14-5-1-2-5)6(3-4-11-8)15(10,12)13/h3-5H,1-2H2,(H2,9,11)(H2,10,12,13). The molecule has 1 aromatic rings. The zero-order valence-corrected chi connectivity index (χ0v) is 8.70. The van der Waals surface area contributed by atoms with Crippen LogP contribution in [-0.4, -0.2) is 19.5 Å². The van der Waals surface area contributed by atoms with E-state index in [0.29, 0.717) is 0 Å². The van der Waals surface area contributed by atoms with Crippen LogP contribution in [0.2, 0.25) is 0 Å². The molecule has 0 amide bonds. The summed E-state index contributed by atoms with van der Waals surface area (Å²) in [5.41, 5.74) is 5.54. The van der Waals surface area contributed by atoms with Crippen LogP contribution in [0.25, 0.3) is 0 Å². The second-order valence-electron chi connectivity index (χ2n) is 3.39. The summed E-state index contributed by atoms with van der Waals surface area (Å²) in [5, 5.41) is 5.03. The average molecular weight is 229 g/mol. The first-order valence-corrected chi connectivity index (χ1v) is 5.97. The fraction of sp³-hybridized carbons (Fsp3) is 0.375. The maximum atomic E-state index is 11.2. The molecule has 0 atom stereocenters. The predicted molar refractivity (Wildman–Crippen MR) is 53.7 cm³/mol. The van der Waals surface area contributed by atoms with Crippen LogP contribution < -0.4 is 15.6 Å². The highest BCUT2D eigenvalue weighted by atomic mass is 32.2. The summed E-state index contributed by atoms with van der Waals surface area (Å²) in [7, 11) is -3.82. The van der Waals surface area contributed by atoms with Crippen molar-refractivity contribution in [3.05, 3.63) is 12.3 Å². The molecule has 0 spiro atoms. The van der Waals surface area contributed by atoms with E-state index in [0.717, 1.165) is 12.8 Å². The minimum absolute atomic E-state index is 0.0389. The number of anilines is 1. The van der Waals surface area contributed by atoms with E-state index < -0.39 is 10.0 Å². The molecule has 1 heterocycles. The Hall–Kier alpha value is -1.34. The minimum atomic E-state index is -3.82. The van der Waals surface area contributed by atoms with Gasteiger partial charge >= 0.3 is 0 Å². The summed E-state index contributed by atoms with van der Waals surface area (Å²) < 4.78 is 27.8. The summed E-state index contributed by atoms with van der Waals surface area (Å²) in [4.78, 5) is 3.66. The first-order valence-electron chi connectivity index (χ1n) is 4.42. The van der Waals surface area contributed by atoms with E-state index in [1.165, 1.54) is 12.3 Å². The zero-order valence-electron chi connectivity index (χ0n) is 7.88. The van der Waals surface area contributed by atoms with Gasteiger partial charge in [0.25, 0.3) is 0 Å². The maximum Gasteiger partial charge on any atom is 0.241 e. The third-order valence-corrected chi connectivity index (χ3v) is 2.95. The van der Waals surface area contributed by atoms with Crippen molar-refractivity contribution in [3.63, 3.8) is 0 Å². The molecule has 1 aliphatic carbocycles. The van der Waals surface area contributed by atoms with Crippen molar-refractivity contribution in [1.29, 1.82) is 0 Å². The molecule has 82 valence electrons. The van der Waals surface area contributed by atoms with Crippen LogP contribution in [0.4, 0.5) is 5.82 Å². The smallest absolute Gasteiger partial charge is 0.241 e. The van der Waals surface area contributed by atoms with E-state index in [9.17, 15) is 8.42 Å². The van der Waals surface area contributed by atoms with E-state index in [2.05, 4.69) is 4.98 Å². The van der Waals surface area contributed by atoms with E-state index in [1.807, 2.05) is 0 Å². The van der Waals surface area contributed by atoms with Crippen LogP contribution in [0.15, 0.2) is 17.2 Å². The molecule has 1 aromatic heterocycles. The van der Waals surface area contributed by atoms with E-state index in [1.54, 1.807) is 0 Å². The Balaban J connectivity index is 2.47. The van der Waals surface area contributed by atoms with Crippen molar-refractivity contribution in [2.45, 2.75) is 23.8 Å². The van der Waals surface area contributed by atoms with Crippen molar-refractivity contribution in [3.8, 4) is 5.75 Å². The van der Waals surface area contributed by atoms with Crippen LogP contribution >= 0.6 is 0 Å². The summed E-state index contributed by atoms with van der Waals surface area (Å²) in [6.07, 6.45) is 3.13. The Morgan fingerprint density at radius 2 is 2.13 bits per heavy atom. The molecule has 0 saturated heterocycles. The van der Waals surface area contributed by atoms with Crippen LogP contribution in [-0.2, 0) is 10.0 Å². The van der Waals surface area contributed by atoms with Gasteiger partial charge in [0.2, 0.25) is 10.0 Å². The number of rotatable bonds is 3. The molecule has 6 nitrogen and oxygen atoms in total. The Bertz CT molecular complexity index is 482. The molecular weight excluding hydrogens is 218 g/mol. The lowest BCUT2D eigenvalue weighted by Gasteiger charge is -2.10. The largest absolute Gasteiger partial charge is 0.485 e. The lowest BCUT2D eigenvalue weighted by atomic mass is 10.4. The van der Waals surface area contributed by atoms with E-state index >= 15 is 0 Å². The van der Waals surface area contributed by atoms with Gasteiger partial charge < -0.3 is 10.5 Å². The molecule has 4 N–H and O–H groups in total. The average Bonchev–Trinajstić information content (AvgIpc) is 2.90. The number of sulfonamides is 1. The number of ether oxygens (including phenoxy) is 1. The summed E-state index contributed by atoms with van der Waals surface area (Å²) in [5.74, 6) is 0.121. The third-order valence-electron chi connectivity index (χ3n) is 2.01. The van der Waals surface area contributed by atoms with Crippen molar-refractivity contribution < 1.29 is 13.2 Å². The molecule has 15 heavy (non-hydrogen) atoms. The molecule has 0 unspecified atom stereocenters. The first kappa shape index (κ1) is 10.2. The van der Waals surface area contributed by atoms with Gasteiger partial charge in [0.1, 0.15) is 4.90 Å². The lowest BCUT2D eigenvalue weighted by molar-refractivity contribution is 0.296. The quantitative estimate of drug-likeness (QED) is 0.749. The fourth-order valence-electron chi connectivity index (χ4n) is 1.14. The van der Waals surface area contributed by atoms with Gasteiger partial charge in [-0.15, -0.1) is 0 Å². The number of nitrogen functional groups attached to an aromatic ring is 1. The van der Waals surface area contributed by atoms with Gasteiger partial charge in [-0.1, -0.05) is 0 Å². The second-order valence-corrected chi connectivity index (χ2v) is 4.92. The number of nitrogens with two attached hydrogens (primary N) is 2. The molecule has 1 aliphatic rings. The number of aromatic nitrogens is 1. The van der Waals surface area contributed by atoms with E-state index in [-0.39, 0.29) is 22.6 Å². The van der Waals surface area contributed by atoms with Gasteiger partial charge in [-0.3, -0.25) is 0 Å². The first-order chi connectivity index (χ1) is 6.98.